The monoisotopic (exact) mass is 179 g/mol. The van der Waals surface area contributed by atoms with Gasteiger partial charge >= 0.3 is 0 Å². The molecule has 13 heavy (non-hydrogen) atoms. The summed E-state index contributed by atoms with van der Waals surface area (Å²) in [7, 11) is 0. The van der Waals surface area contributed by atoms with E-state index >= 15 is 0 Å². The first-order valence-corrected chi connectivity index (χ1v) is 4.69. The van der Waals surface area contributed by atoms with Crippen molar-refractivity contribution in [3.8, 4) is 0 Å². The van der Waals surface area contributed by atoms with Crippen LogP contribution in [0.15, 0.2) is 18.2 Å². The standard InChI is InChI=1S/C11H14FN/c1-7(13)9-4-8-2-3-11(12)6-10(8)5-9/h2-3,6-7,9H,4-5,13H2,1H3. The Morgan fingerprint density at radius 2 is 2.08 bits per heavy atom. The van der Waals surface area contributed by atoms with Crippen molar-refractivity contribution in [1.82, 2.24) is 0 Å². The SMILES string of the molecule is CC(N)C1Cc2ccc(F)cc2C1. The molecule has 0 aromatic heterocycles. The summed E-state index contributed by atoms with van der Waals surface area (Å²) in [5.74, 6) is 0.362. The molecule has 0 saturated heterocycles. The van der Waals surface area contributed by atoms with Crippen molar-refractivity contribution < 1.29 is 4.39 Å². The number of nitrogens with two attached hydrogens (primary N) is 1. The van der Waals surface area contributed by atoms with E-state index in [1.807, 2.05) is 13.0 Å². The van der Waals surface area contributed by atoms with Gasteiger partial charge in [0.15, 0.2) is 0 Å². The van der Waals surface area contributed by atoms with E-state index in [-0.39, 0.29) is 11.9 Å². The highest BCUT2D eigenvalue weighted by molar-refractivity contribution is 5.33. The van der Waals surface area contributed by atoms with E-state index < -0.39 is 0 Å². The molecule has 1 aliphatic rings. The molecule has 0 saturated carbocycles. The van der Waals surface area contributed by atoms with Gasteiger partial charge in [-0.2, -0.15) is 0 Å². The molecule has 2 unspecified atom stereocenters. The van der Waals surface area contributed by atoms with Gasteiger partial charge in [-0.15, -0.1) is 0 Å². The van der Waals surface area contributed by atoms with Crippen LogP contribution in [-0.4, -0.2) is 6.04 Å². The van der Waals surface area contributed by atoms with E-state index in [0.717, 1.165) is 18.4 Å². The zero-order valence-electron chi connectivity index (χ0n) is 7.76. The number of fused-ring (bicyclic) bond motifs is 1. The minimum Gasteiger partial charge on any atom is -0.328 e. The van der Waals surface area contributed by atoms with E-state index in [1.54, 1.807) is 6.07 Å². The van der Waals surface area contributed by atoms with Crippen molar-refractivity contribution in [2.24, 2.45) is 11.7 Å². The van der Waals surface area contributed by atoms with E-state index in [0.29, 0.717) is 5.92 Å². The smallest absolute Gasteiger partial charge is 0.123 e. The Labute approximate surface area is 77.8 Å². The fourth-order valence-electron chi connectivity index (χ4n) is 1.99. The Bertz CT molecular complexity index is 320. The van der Waals surface area contributed by atoms with Crippen molar-refractivity contribution >= 4 is 0 Å². The molecule has 0 amide bonds. The molecule has 0 heterocycles. The molecular weight excluding hydrogens is 165 g/mol. The van der Waals surface area contributed by atoms with Crippen LogP contribution in [0.1, 0.15) is 18.1 Å². The normalized spacial score (nSPS) is 22.8. The molecule has 1 aliphatic carbocycles. The van der Waals surface area contributed by atoms with Crippen molar-refractivity contribution in [1.29, 1.82) is 0 Å². The fraction of sp³-hybridized carbons (Fsp3) is 0.455. The van der Waals surface area contributed by atoms with Crippen LogP contribution in [0.3, 0.4) is 0 Å². The molecule has 1 nitrogen and oxygen atoms in total. The molecule has 1 aromatic rings. The van der Waals surface area contributed by atoms with Gasteiger partial charge in [-0.1, -0.05) is 6.07 Å². The highest BCUT2D eigenvalue weighted by Gasteiger charge is 2.24. The number of benzene rings is 1. The maximum atomic E-state index is 12.9. The largest absolute Gasteiger partial charge is 0.328 e. The van der Waals surface area contributed by atoms with Gasteiger partial charge in [-0.3, -0.25) is 0 Å². The zero-order valence-corrected chi connectivity index (χ0v) is 7.76. The van der Waals surface area contributed by atoms with Crippen LogP contribution in [0, 0.1) is 11.7 Å². The maximum absolute atomic E-state index is 12.9. The Balaban J connectivity index is 2.25. The van der Waals surface area contributed by atoms with Crippen LogP contribution < -0.4 is 5.73 Å². The van der Waals surface area contributed by atoms with Crippen LogP contribution >= 0.6 is 0 Å². The summed E-state index contributed by atoms with van der Waals surface area (Å²) in [5.41, 5.74) is 8.23. The van der Waals surface area contributed by atoms with Gasteiger partial charge in [0, 0.05) is 6.04 Å². The highest BCUT2D eigenvalue weighted by atomic mass is 19.1. The molecule has 0 aliphatic heterocycles. The summed E-state index contributed by atoms with van der Waals surface area (Å²) < 4.78 is 12.9. The predicted molar refractivity (Wildman–Crippen MR) is 50.9 cm³/mol. The van der Waals surface area contributed by atoms with Crippen LogP contribution in [0.2, 0.25) is 0 Å². The lowest BCUT2D eigenvalue weighted by atomic mass is 9.99. The summed E-state index contributed by atoms with van der Waals surface area (Å²) in [4.78, 5) is 0. The predicted octanol–water partition coefficient (Wildman–Crippen LogP) is 1.89. The number of rotatable bonds is 1. The van der Waals surface area contributed by atoms with Gasteiger partial charge in [0.1, 0.15) is 5.82 Å². The third-order valence-electron chi connectivity index (χ3n) is 2.88. The molecule has 0 radical (unpaired) electrons. The van der Waals surface area contributed by atoms with Crippen molar-refractivity contribution in [2.45, 2.75) is 25.8 Å². The molecule has 2 N–H and O–H groups in total. The second kappa shape index (κ2) is 3.11. The molecule has 0 bridgehead atoms. The van der Waals surface area contributed by atoms with Crippen LogP contribution in [-0.2, 0) is 12.8 Å². The third kappa shape index (κ3) is 1.59. The summed E-state index contributed by atoms with van der Waals surface area (Å²) in [6.45, 7) is 2.02. The lowest BCUT2D eigenvalue weighted by Gasteiger charge is -2.12. The second-order valence-corrected chi connectivity index (χ2v) is 3.94. The maximum Gasteiger partial charge on any atom is 0.123 e. The molecule has 0 fully saturated rings. The first kappa shape index (κ1) is 8.70. The average Bonchev–Trinajstić information content (AvgIpc) is 2.46. The minimum absolute atomic E-state index is 0.135. The molecule has 1 aromatic carbocycles. The van der Waals surface area contributed by atoms with Crippen molar-refractivity contribution in [2.75, 3.05) is 0 Å². The van der Waals surface area contributed by atoms with Crippen molar-refractivity contribution in [3.63, 3.8) is 0 Å². The lowest BCUT2D eigenvalue weighted by Crippen LogP contribution is -2.26. The molecule has 0 spiro atoms. The van der Waals surface area contributed by atoms with Gasteiger partial charge in [0.05, 0.1) is 0 Å². The molecular formula is C11H14FN. The Hall–Kier alpha value is -0.890. The van der Waals surface area contributed by atoms with Gasteiger partial charge < -0.3 is 5.73 Å². The fourth-order valence-corrected chi connectivity index (χ4v) is 1.99. The topological polar surface area (TPSA) is 26.0 Å². The van der Waals surface area contributed by atoms with Crippen LogP contribution in [0.5, 0.6) is 0 Å². The summed E-state index contributed by atoms with van der Waals surface area (Å²) in [6.07, 6.45) is 1.94. The Kier molecular flexibility index (Phi) is 2.08. The average molecular weight is 179 g/mol. The number of hydrogen-bond acceptors (Lipinski definition) is 1. The Morgan fingerprint density at radius 1 is 1.38 bits per heavy atom. The Morgan fingerprint density at radius 3 is 2.77 bits per heavy atom. The third-order valence-corrected chi connectivity index (χ3v) is 2.88. The van der Waals surface area contributed by atoms with E-state index in [2.05, 4.69) is 0 Å². The minimum atomic E-state index is -0.135. The molecule has 2 atom stereocenters. The van der Waals surface area contributed by atoms with E-state index in [4.69, 9.17) is 5.73 Å². The van der Waals surface area contributed by atoms with E-state index in [9.17, 15) is 4.39 Å². The zero-order chi connectivity index (χ0) is 9.42. The van der Waals surface area contributed by atoms with Crippen LogP contribution in [0.25, 0.3) is 0 Å². The first-order chi connectivity index (χ1) is 6.16. The molecule has 2 rings (SSSR count). The van der Waals surface area contributed by atoms with Crippen molar-refractivity contribution in [3.05, 3.63) is 35.1 Å². The molecule has 2 heteroatoms. The van der Waals surface area contributed by atoms with E-state index in [1.165, 1.54) is 11.6 Å². The van der Waals surface area contributed by atoms with Crippen LogP contribution in [0.4, 0.5) is 4.39 Å². The highest BCUT2D eigenvalue weighted by Crippen LogP contribution is 2.28. The molecule has 70 valence electrons. The lowest BCUT2D eigenvalue weighted by molar-refractivity contribution is 0.467. The summed E-state index contributed by atoms with van der Waals surface area (Å²) in [5, 5.41) is 0. The van der Waals surface area contributed by atoms with Gasteiger partial charge in [-0.25, -0.2) is 4.39 Å². The van der Waals surface area contributed by atoms with Gasteiger partial charge in [-0.05, 0) is 48.9 Å². The quantitative estimate of drug-likeness (QED) is 0.700. The summed E-state index contributed by atoms with van der Waals surface area (Å²) >= 11 is 0. The number of halogens is 1. The van der Waals surface area contributed by atoms with Gasteiger partial charge in [0.25, 0.3) is 0 Å². The first-order valence-electron chi connectivity index (χ1n) is 4.69. The second-order valence-electron chi connectivity index (χ2n) is 3.94. The number of hydrogen-bond donors (Lipinski definition) is 1. The summed E-state index contributed by atoms with van der Waals surface area (Å²) in [6, 6.07) is 5.25. The van der Waals surface area contributed by atoms with Gasteiger partial charge in [0.2, 0.25) is 0 Å².